The van der Waals surface area contributed by atoms with Crippen molar-refractivity contribution in [1.29, 1.82) is 0 Å². The van der Waals surface area contributed by atoms with Gasteiger partial charge < -0.3 is 18.9 Å². The Balaban J connectivity index is 1.60. The van der Waals surface area contributed by atoms with Gasteiger partial charge in [-0.15, -0.1) is 0 Å². The molecule has 0 aliphatic carbocycles. The molecule has 7 nitrogen and oxygen atoms in total. The van der Waals surface area contributed by atoms with Gasteiger partial charge >= 0.3 is 17.9 Å². The van der Waals surface area contributed by atoms with Crippen molar-refractivity contribution in [2.24, 2.45) is 0 Å². The molecule has 172 valence electrons. The van der Waals surface area contributed by atoms with Gasteiger partial charge in [-0.3, -0.25) is 0 Å². The minimum atomic E-state index is -1.19. The molecule has 1 fully saturated rings. The van der Waals surface area contributed by atoms with Crippen molar-refractivity contribution in [2.45, 2.75) is 18.3 Å². The third kappa shape index (κ3) is 5.32. The van der Waals surface area contributed by atoms with Crippen molar-refractivity contribution in [1.82, 2.24) is 0 Å². The Kier molecular flexibility index (Phi) is 7.03. The lowest BCUT2D eigenvalue weighted by molar-refractivity contribution is -0.131. The van der Waals surface area contributed by atoms with E-state index >= 15 is 0 Å². The van der Waals surface area contributed by atoms with E-state index in [9.17, 15) is 14.4 Å². The Morgan fingerprint density at radius 2 is 1.06 bits per heavy atom. The number of carbonyl (C=O) groups is 3. The summed E-state index contributed by atoms with van der Waals surface area (Å²) in [7, 11) is 0. The minimum absolute atomic E-state index is 0.0853. The molecule has 0 aromatic heterocycles. The molecule has 0 saturated carbocycles. The van der Waals surface area contributed by atoms with Crippen LogP contribution in [0.5, 0.6) is 0 Å². The Hall–Kier alpha value is -4.39. The normalized spacial score (nSPS) is 19.4. The van der Waals surface area contributed by atoms with Gasteiger partial charge in [0, 0.05) is 0 Å². The summed E-state index contributed by atoms with van der Waals surface area (Å²) >= 11 is 0. The highest BCUT2D eigenvalue weighted by molar-refractivity contribution is 5.91. The second-order valence-corrected chi connectivity index (χ2v) is 7.51. The molecular formula is C27H22O7. The summed E-state index contributed by atoms with van der Waals surface area (Å²) in [5.74, 6) is -1.87. The van der Waals surface area contributed by atoms with Gasteiger partial charge in [0.25, 0.3) is 0 Å². The summed E-state index contributed by atoms with van der Waals surface area (Å²) in [5.41, 5.74) is 0.908. The molecule has 7 heteroatoms. The first kappa shape index (κ1) is 22.8. The molecule has 0 spiro atoms. The number of rotatable bonds is 6. The van der Waals surface area contributed by atoms with Crippen LogP contribution in [0.4, 0.5) is 0 Å². The van der Waals surface area contributed by atoms with Gasteiger partial charge in [-0.25, -0.2) is 14.4 Å². The molecule has 3 aromatic carbocycles. The number of esters is 3. The van der Waals surface area contributed by atoms with E-state index in [1.165, 1.54) is 0 Å². The summed E-state index contributed by atoms with van der Waals surface area (Å²) in [6, 6.07) is 25.0. The largest absolute Gasteiger partial charge is 0.490 e. The van der Waals surface area contributed by atoms with Gasteiger partial charge in [-0.1, -0.05) is 61.2 Å². The molecule has 0 N–H and O–H groups in total. The molecule has 0 radical (unpaired) electrons. The average molecular weight is 458 g/mol. The van der Waals surface area contributed by atoms with Crippen LogP contribution in [0.2, 0.25) is 0 Å². The highest BCUT2D eigenvalue weighted by Gasteiger charge is 2.45. The van der Waals surface area contributed by atoms with Crippen LogP contribution in [0.15, 0.2) is 103 Å². The van der Waals surface area contributed by atoms with Gasteiger partial charge in [-0.05, 0) is 36.4 Å². The summed E-state index contributed by atoms with van der Waals surface area (Å²) in [5, 5.41) is 0. The van der Waals surface area contributed by atoms with E-state index in [1.54, 1.807) is 91.0 Å². The Morgan fingerprint density at radius 3 is 1.53 bits per heavy atom. The van der Waals surface area contributed by atoms with Crippen LogP contribution < -0.4 is 0 Å². The van der Waals surface area contributed by atoms with Gasteiger partial charge in [-0.2, -0.15) is 0 Å². The molecule has 1 saturated heterocycles. The zero-order valence-electron chi connectivity index (χ0n) is 18.2. The zero-order valence-corrected chi connectivity index (χ0v) is 18.2. The second-order valence-electron chi connectivity index (χ2n) is 7.51. The number of benzene rings is 3. The zero-order chi connectivity index (χ0) is 23.9. The SMILES string of the molecule is C=C1OCC(OC(=O)c2ccccc2)C(OC(=O)c2ccccc2)C1OC(=O)c1ccccc1. The maximum Gasteiger partial charge on any atom is 0.338 e. The molecule has 3 unspecified atom stereocenters. The molecule has 1 aliphatic rings. The lowest BCUT2D eigenvalue weighted by Crippen LogP contribution is -2.52. The second kappa shape index (κ2) is 10.5. The molecule has 1 aliphatic heterocycles. The highest BCUT2D eigenvalue weighted by Crippen LogP contribution is 2.28. The van der Waals surface area contributed by atoms with Gasteiger partial charge in [0.2, 0.25) is 0 Å². The van der Waals surface area contributed by atoms with Crippen LogP contribution in [0.25, 0.3) is 0 Å². The van der Waals surface area contributed by atoms with Crippen LogP contribution in [0.3, 0.4) is 0 Å². The van der Waals surface area contributed by atoms with Gasteiger partial charge in [0.1, 0.15) is 12.4 Å². The fraction of sp³-hybridized carbons (Fsp3) is 0.148. The van der Waals surface area contributed by atoms with Crippen LogP contribution in [0, 0.1) is 0 Å². The van der Waals surface area contributed by atoms with Crippen molar-refractivity contribution < 1.29 is 33.3 Å². The lowest BCUT2D eigenvalue weighted by Gasteiger charge is -2.37. The molecular weight excluding hydrogens is 436 g/mol. The maximum atomic E-state index is 12.8. The monoisotopic (exact) mass is 458 g/mol. The first-order valence-corrected chi connectivity index (χ1v) is 10.6. The van der Waals surface area contributed by atoms with Crippen LogP contribution >= 0.6 is 0 Å². The summed E-state index contributed by atoms with van der Waals surface area (Å²) in [6.07, 6.45) is -3.41. The predicted molar refractivity (Wildman–Crippen MR) is 122 cm³/mol. The van der Waals surface area contributed by atoms with E-state index in [1.807, 2.05) is 0 Å². The highest BCUT2D eigenvalue weighted by atomic mass is 16.6. The number of carbonyl (C=O) groups excluding carboxylic acids is 3. The molecule has 0 bridgehead atoms. The van der Waals surface area contributed by atoms with Crippen LogP contribution in [0.1, 0.15) is 31.1 Å². The summed E-state index contributed by atoms with van der Waals surface area (Å²) < 4.78 is 22.5. The Morgan fingerprint density at radius 1 is 0.647 bits per heavy atom. The molecule has 34 heavy (non-hydrogen) atoms. The molecule has 3 atom stereocenters. The Bertz CT molecular complexity index is 1160. The average Bonchev–Trinajstić information content (AvgIpc) is 2.89. The summed E-state index contributed by atoms with van der Waals surface area (Å²) in [4.78, 5) is 38.3. The first-order chi connectivity index (χ1) is 16.5. The van der Waals surface area contributed by atoms with Crippen LogP contribution in [-0.4, -0.2) is 42.8 Å². The van der Waals surface area contributed by atoms with Crippen molar-refractivity contribution >= 4 is 17.9 Å². The summed E-state index contributed by atoms with van der Waals surface area (Å²) in [6.45, 7) is 3.69. The van der Waals surface area contributed by atoms with Crippen molar-refractivity contribution in [3.8, 4) is 0 Å². The molecule has 0 amide bonds. The van der Waals surface area contributed by atoms with E-state index in [-0.39, 0.29) is 12.4 Å². The molecule has 3 aromatic rings. The maximum absolute atomic E-state index is 12.8. The number of ether oxygens (including phenoxy) is 4. The van der Waals surface area contributed by atoms with Crippen LogP contribution in [-0.2, 0) is 18.9 Å². The third-order valence-corrected chi connectivity index (χ3v) is 5.18. The smallest absolute Gasteiger partial charge is 0.338 e. The fourth-order valence-electron chi connectivity index (χ4n) is 3.42. The fourth-order valence-corrected chi connectivity index (χ4v) is 3.42. The van der Waals surface area contributed by atoms with Crippen molar-refractivity contribution in [3.05, 3.63) is 120 Å². The van der Waals surface area contributed by atoms with Gasteiger partial charge in [0.05, 0.1) is 16.7 Å². The predicted octanol–water partition coefficient (Wildman–Crippen LogP) is 4.21. The van der Waals surface area contributed by atoms with Crippen molar-refractivity contribution in [2.75, 3.05) is 6.61 Å². The van der Waals surface area contributed by atoms with E-state index in [0.29, 0.717) is 16.7 Å². The van der Waals surface area contributed by atoms with E-state index in [4.69, 9.17) is 18.9 Å². The quantitative estimate of drug-likeness (QED) is 0.404. The minimum Gasteiger partial charge on any atom is -0.490 e. The molecule has 4 rings (SSSR count). The molecule has 1 heterocycles. The standard InChI is InChI=1S/C27H22O7/c1-18-23(33-26(29)20-13-7-3-8-14-20)24(34-27(30)21-15-9-4-10-16-21)22(17-31-18)32-25(28)19-11-5-2-6-12-19/h2-16,22-24H,1,17H2. The third-order valence-electron chi connectivity index (χ3n) is 5.18. The van der Waals surface area contributed by atoms with Gasteiger partial charge in [0.15, 0.2) is 18.3 Å². The first-order valence-electron chi connectivity index (χ1n) is 10.6. The topological polar surface area (TPSA) is 88.1 Å². The Labute approximate surface area is 196 Å². The van der Waals surface area contributed by atoms with E-state index in [2.05, 4.69) is 6.58 Å². The van der Waals surface area contributed by atoms with E-state index in [0.717, 1.165) is 0 Å². The number of hydrogen-bond donors (Lipinski definition) is 0. The van der Waals surface area contributed by atoms with Crippen molar-refractivity contribution in [3.63, 3.8) is 0 Å². The lowest BCUT2D eigenvalue weighted by atomic mass is 10.0. The van der Waals surface area contributed by atoms with E-state index < -0.39 is 36.2 Å². The number of hydrogen-bond acceptors (Lipinski definition) is 7.